The van der Waals surface area contributed by atoms with Crippen molar-refractivity contribution in [3.63, 3.8) is 0 Å². The van der Waals surface area contributed by atoms with E-state index in [0.717, 1.165) is 32.0 Å². The summed E-state index contributed by atoms with van der Waals surface area (Å²) in [6.45, 7) is 13.4. The van der Waals surface area contributed by atoms with Crippen LogP contribution in [0, 0.1) is 11.8 Å². The minimum atomic E-state index is -0.866. The van der Waals surface area contributed by atoms with Gasteiger partial charge in [0.25, 0.3) is 5.91 Å². The Bertz CT molecular complexity index is 1340. The number of hydrogen-bond acceptors (Lipinski definition) is 9. The Morgan fingerprint density at radius 2 is 1.57 bits per heavy atom. The van der Waals surface area contributed by atoms with Crippen LogP contribution >= 0.6 is 0 Å². The lowest BCUT2D eigenvalue weighted by Gasteiger charge is -2.30. The Morgan fingerprint density at radius 1 is 0.962 bits per heavy atom. The highest BCUT2D eigenvalue weighted by atomic mass is 16.6. The number of amides is 5. The molecule has 5 amide bonds. The first-order chi connectivity index (χ1) is 24.9. The fourth-order valence-corrected chi connectivity index (χ4v) is 5.56. The Hall–Kier alpha value is -4.33. The van der Waals surface area contributed by atoms with Crippen molar-refractivity contribution in [3.05, 3.63) is 35.9 Å². The first-order valence-electron chi connectivity index (χ1n) is 18.7. The van der Waals surface area contributed by atoms with E-state index >= 15 is 0 Å². The summed E-state index contributed by atoms with van der Waals surface area (Å²) >= 11 is 0. The second-order valence-electron chi connectivity index (χ2n) is 15.0. The summed E-state index contributed by atoms with van der Waals surface area (Å²) in [5.41, 5.74) is 0.0193. The van der Waals surface area contributed by atoms with Gasteiger partial charge in [-0.05, 0) is 64.5 Å². The number of ketones is 1. The van der Waals surface area contributed by atoms with Gasteiger partial charge in [0.2, 0.25) is 23.5 Å². The first kappa shape index (κ1) is 46.7. The lowest BCUT2D eigenvalue weighted by atomic mass is 9.80. The van der Waals surface area contributed by atoms with Crippen molar-refractivity contribution >= 4 is 41.8 Å². The number of likely N-dealkylation sites (N-methyl/N-ethyl adjacent to an activating group) is 2. The number of carbonyl (C=O) groups excluding carboxylic acids is 7. The van der Waals surface area contributed by atoms with Crippen LogP contribution < -0.4 is 21.3 Å². The number of ether oxygens (including phenoxy) is 1. The molecule has 0 aromatic heterocycles. The summed E-state index contributed by atoms with van der Waals surface area (Å²) in [6.07, 6.45) is 6.89. The third-order valence-corrected chi connectivity index (χ3v) is 8.56. The molecule has 14 nitrogen and oxygen atoms in total. The van der Waals surface area contributed by atoms with E-state index in [0.29, 0.717) is 30.9 Å². The summed E-state index contributed by atoms with van der Waals surface area (Å²) in [7, 11) is 4.86. The van der Waals surface area contributed by atoms with Gasteiger partial charge < -0.3 is 40.6 Å². The van der Waals surface area contributed by atoms with Crippen molar-refractivity contribution < 1.29 is 38.3 Å². The number of nitrogens with zero attached hydrogens (tertiary/aromatic N) is 2. The van der Waals surface area contributed by atoms with Gasteiger partial charge in [0.1, 0.15) is 24.0 Å². The van der Waals surface area contributed by atoms with Gasteiger partial charge in [-0.25, -0.2) is 4.79 Å². The van der Waals surface area contributed by atoms with E-state index in [-0.39, 0.29) is 30.3 Å². The number of rotatable bonds is 14. The van der Waals surface area contributed by atoms with Crippen molar-refractivity contribution in [1.82, 2.24) is 31.1 Å². The molecular formula is C39H64N6O8. The van der Waals surface area contributed by atoms with Gasteiger partial charge in [0.05, 0.1) is 18.6 Å². The maximum atomic E-state index is 12.6. The zero-order chi connectivity index (χ0) is 40.3. The number of Topliss-reactive ketones (excluding diaryl/α,β-unsaturated/α-hetero) is 1. The molecule has 0 bridgehead atoms. The van der Waals surface area contributed by atoms with Crippen molar-refractivity contribution in [2.24, 2.45) is 11.8 Å². The SMILES string of the molecule is CC(C)C(NC(=O)OC(C)(C)C)C(=O)N1CCCC1C=O.CCC.CNC(CC1CCC1)C(=O)C(=O)NCC(=O)NC(C(=O)N(C)C)c1ccccc1. The molecule has 2 aliphatic rings. The molecule has 1 saturated carbocycles. The quantitative estimate of drug-likeness (QED) is 0.164. The average molecular weight is 745 g/mol. The lowest BCUT2D eigenvalue weighted by molar-refractivity contribution is -0.140. The molecule has 1 saturated heterocycles. The summed E-state index contributed by atoms with van der Waals surface area (Å²) in [5.74, 6) is -2.04. The van der Waals surface area contributed by atoms with Gasteiger partial charge in [-0.2, -0.15) is 0 Å². The smallest absolute Gasteiger partial charge is 0.408 e. The minimum Gasteiger partial charge on any atom is -0.444 e. The fraction of sp³-hybridized carbons (Fsp3) is 0.667. The maximum absolute atomic E-state index is 12.6. The predicted molar refractivity (Wildman–Crippen MR) is 204 cm³/mol. The standard InChI is InChI=1S/C21H30N4O4.C15H26N2O4.C3H8/c1-22-16(12-14-8-7-9-14)19(27)20(28)23-13-17(26)24-18(21(29)25(2)3)15-10-5-4-6-11-15;1-10(2)12(16-14(20)21-15(3,4)5)13(19)17-8-6-7-11(17)9-18;1-3-2/h4-6,10-11,14,16,18,22H,7-9,12-13H2,1-3H3,(H,23,28)(H,24,26);9-12H,6-8H2,1-5H3,(H,16,20);3H2,1-2H3. The summed E-state index contributed by atoms with van der Waals surface area (Å²) in [5, 5.41) is 10.5. The average Bonchev–Trinajstić information content (AvgIpc) is 3.56. The zero-order valence-corrected chi connectivity index (χ0v) is 33.5. The third kappa shape index (κ3) is 16.5. The van der Waals surface area contributed by atoms with Gasteiger partial charge in [-0.15, -0.1) is 0 Å². The van der Waals surface area contributed by atoms with E-state index in [1.807, 2.05) is 19.9 Å². The van der Waals surface area contributed by atoms with Gasteiger partial charge in [0, 0.05) is 20.6 Å². The highest BCUT2D eigenvalue weighted by molar-refractivity contribution is 6.38. The van der Waals surface area contributed by atoms with E-state index in [1.54, 1.807) is 71.1 Å². The largest absolute Gasteiger partial charge is 0.444 e. The minimum absolute atomic E-state index is 0.0853. The molecule has 1 aliphatic heterocycles. The summed E-state index contributed by atoms with van der Waals surface area (Å²) in [6, 6.07) is 6.38. The van der Waals surface area contributed by atoms with E-state index in [2.05, 4.69) is 35.1 Å². The van der Waals surface area contributed by atoms with E-state index in [4.69, 9.17) is 4.74 Å². The highest BCUT2D eigenvalue weighted by Gasteiger charge is 2.36. The van der Waals surface area contributed by atoms with Crippen LogP contribution in [0.1, 0.15) is 105 Å². The first-order valence-corrected chi connectivity index (χ1v) is 18.7. The molecule has 1 aromatic rings. The van der Waals surface area contributed by atoms with E-state index in [9.17, 15) is 33.6 Å². The number of carbonyl (C=O) groups is 7. The topological polar surface area (TPSA) is 183 Å². The summed E-state index contributed by atoms with van der Waals surface area (Å²) < 4.78 is 5.19. The van der Waals surface area contributed by atoms with Crippen LogP contribution in [0.2, 0.25) is 0 Å². The molecule has 3 rings (SSSR count). The molecule has 1 aromatic carbocycles. The molecule has 4 atom stereocenters. The van der Waals surface area contributed by atoms with Crippen LogP contribution in [0.15, 0.2) is 30.3 Å². The lowest BCUT2D eigenvalue weighted by Crippen LogP contribution is -2.53. The Balaban J connectivity index is 0.000000516. The van der Waals surface area contributed by atoms with Crippen LogP contribution in [0.25, 0.3) is 0 Å². The molecular weight excluding hydrogens is 680 g/mol. The number of aldehydes is 1. The third-order valence-electron chi connectivity index (χ3n) is 8.56. The number of alkyl carbamates (subject to hydrolysis) is 1. The molecule has 1 aliphatic carbocycles. The zero-order valence-electron chi connectivity index (χ0n) is 33.5. The monoisotopic (exact) mass is 744 g/mol. The van der Waals surface area contributed by atoms with Crippen LogP contribution in [0.3, 0.4) is 0 Å². The molecule has 2 fully saturated rings. The second-order valence-corrected chi connectivity index (χ2v) is 15.0. The highest BCUT2D eigenvalue weighted by Crippen LogP contribution is 2.30. The van der Waals surface area contributed by atoms with Crippen molar-refractivity contribution in [2.75, 3.05) is 34.2 Å². The van der Waals surface area contributed by atoms with Crippen molar-refractivity contribution in [2.45, 2.75) is 123 Å². The normalized spacial score (nSPS) is 16.9. The Morgan fingerprint density at radius 3 is 2.04 bits per heavy atom. The molecule has 298 valence electrons. The molecule has 0 spiro atoms. The van der Waals surface area contributed by atoms with Crippen LogP contribution in [-0.4, -0.2) is 110 Å². The predicted octanol–water partition coefficient (Wildman–Crippen LogP) is 3.54. The van der Waals surface area contributed by atoms with Gasteiger partial charge >= 0.3 is 6.09 Å². The van der Waals surface area contributed by atoms with Crippen LogP contribution in [0.5, 0.6) is 0 Å². The number of likely N-dealkylation sites (tertiary alicyclic amines) is 1. The molecule has 4 N–H and O–H groups in total. The van der Waals surface area contributed by atoms with Crippen molar-refractivity contribution in [1.29, 1.82) is 0 Å². The van der Waals surface area contributed by atoms with Crippen LogP contribution in [0.4, 0.5) is 4.79 Å². The number of nitrogens with one attached hydrogen (secondary N) is 4. The molecule has 0 radical (unpaired) electrons. The van der Waals surface area contributed by atoms with Gasteiger partial charge in [-0.3, -0.25) is 24.0 Å². The number of hydrogen-bond donors (Lipinski definition) is 4. The van der Waals surface area contributed by atoms with Gasteiger partial charge in [-0.1, -0.05) is 83.7 Å². The fourth-order valence-electron chi connectivity index (χ4n) is 5.56. The molecule has 14 heteroatoms. The molecule has 1 heterocycles. The molecule has 53 heavy (non-hydrogen) atoms. The Labute approximate surface area is 315 Å². The van der Waals surface area contributed by atoms with E-state index < -0.39 is 47.4 Å². The summed E-state index contributed by atoms with van der Waals surface area (Å²) in [4.78, 5) is 87.7. The van der Waals surface area contributed by atoms with Crippen LogP contribution in [-0.2, 0) is 33.5 Å². The van der Waals surface area contributed by atoms with Gasteiger partial charge in [0.15, 0.2) is 0 Å². The van der Waals surface area contributed by atoms with E-state index in [1.165, 1.54) is 11.3 Å². The number of benzene rings is 1. The Kier molecular flexibility index (Phi) is 20.6. The second kappa shape index (κ2) is 23.4. The van der Waals surface area contributed by atoms with Crippen molar-refractivity contribution in [3.8, 4) is 0 Å². The maximum Gasteiger partial charge on any atom is 0.408 e. The molecule has 4 unspecified atom stereocenters.